The van der Waals surface area contributed by atoms with Gasteiger partial charge in [-0.15, -0.1) is 0 Å². The molecule has 0 aliphatic heterocycles. The standard InChI is InChI=1S/C17H24N3O2/c1-6-12(2)20(22)11-15-13-9-10-19(5)16(13)8-7-14(15)17(21)18(3)4/h7-12,22H,6H2,1-5H3/q+1. The van der Waals surface area contributed by atoms with Crippen molar-refractivity contribution >= 4 is 23.0 Å². The van der Waals surface area contributed by atoms with Gasteiger partial charge in [0.1, 0.15) is 0 Å². The molecule has 1 aromatic carbocycles. The molecule has 1 amide bonds. The van der Waals surface area contributed by atoms with Gasteiger partial charge in [-0.1, -0.05) is 6.92 Å². The number of aryl methyl sites for hydroxylation is 1. The summed E-state index contributed by atoms with van der Waals surface area (Å²) in [7, 11) is 5.42. The van der Waals surface area contributed by atoms with Crippen molar-refractivity contribution in [1.29, 1.82) is 0 Å². The highest BCUT2D eigenvalue weighted by Crippen LogP contribution is 2.23. The predicted octanol–water partition coefficient (Wildman–Crippen LogP) is 2.50. The zero-order chi connectivity index (χ0) is 16.4. The molecule has 5 heteroatoms. The maximum absolute atomic E-state index is 12.4. The van der Waals surface area contributed by atoms with Crippen molar-refractivity contribution in [3.8, 4) is 0 Å². The monoisotopic (exact) mass is 302 g/mol. The van der Waals surface area contributed by atoms with Gasteiger partial charge in [0.25, 0.3) is 5.91 Å². The van der Waals surface area contributed by atoms with Gasteiger partial charge in [-0.25, -0.2) is 0 Å². The first-order valence-electron chi connectivity index (χ1n) is 7.48. The van der Waals surface area contributed by atoms with Gasteiger partial charge in [-0.05, 0) is 22.9 Å². The molecule has 0 saturated heterocycles. The Kier molecular flexibility index (Phi) is 4.54. The second-order valence-electron chi connectivity index (χ2n) is 5.85. The van der Waals surface area contributed by atoms with E-state index in [0.29, 0.717) is 5.56 Å². The number of aromatic nitrogens is 1. The van der Waals surface area contributed by atoms with Gasteiger partial charge in [0.15, 0.2) is 6.04 Å². The van der Waals surface area contributed by atoms with Crippen LogP contribution in [0, 0.1) is 0 Å². The predicted molar refractivity (Wildman–Crippen MR) is 87.9 cm³/mol. The van der Waals surface area contributed by atoms with Gasteiger partial charge in [0.05, 0.1) is 11.1 Å². The Balaban J connectivity index is 2.70. The first-order valence-corrected chi connectivity index (χ1v) is 7.48. The average molecular weight is 302 g/mol. The fourth-order valence-electron chi connectivity index (χ4n) is 2.39. The summed E-state index contributed by atoms with van der Waals surface area (Å²) in [6.45, 7) is 3.95. The number of benzene rings is 1. The molecule has 22 heavy (non-hydrogen) atoms. The molecule has 0 aliphatic rings. The lowest BCUT2D eigenvalue weighted by Crippen LogP contribution is -2.25. The second kappa shape index (κ2) is 6.22. The van der Waals surface area contributed by atoms with Crippen LogP contribution in [0.4, 0.5) is 0 Å². The fourth-order valence-corrected chi connectivity index (χ4v) is 2.39. The number of hydrogen-bond donors (Lipinski definition) is 1. The molecule has 2 aromatic rings. The van der Waals surface area contributed by atoms with Crippen molar-refractivity contribution in [1.82, 2.24) is 9.47 Å². The number of hydrogen-bond acceptors (Lipinski definition) is 2. The van der Waals surface area contributed by atoms with Gasteiger partial charge >= 0.3 is 0 Å². The molecule has 1 heterocycles. The first-order chi connectivity index (χ1) is 10.4. The molecule has 0 spiro atoms. The van der Waals surface area contributed by atoms with Crippen molar-refractivity contribution in [2.75, 3.05) is 14.1 Å². The van der Waals surface area contributed by atoms with E-state index >= 15 is 0 Å². The van der Waals surface area contributed by atoms with E-state index in [9.17, 15) is 10.0 Å². The van der Waals surface area contributed by atoms with Crippen LogP contribution in [0.15, 0.2) is 24.4 Å². The van der Waals surface area contributed by atoms with E-state index in [0.717, 1.165) is 22.9 Å². The molecule has 0 fully saturated rings. The van der Waals surface area contributed by atoms with Crippen molar-refractivity contribution < 1.29 is 14.7 Å². The number of amides is 1. The van der Waals surface area contributed by atoms with Crippen LogP contribution < -0.4 is 0 Å². The average Bonchev–Trinajstić information content (AvgIpc) is 2.87. The quantitative estimate of drug-likeness (QED) is 0.408. The maximum Gasteiger partial charge on any atom is 0.254 e. The highest BCUT2D eigenvalue weighted by atomic mass is 16.5. The molecule has 0 saturated carbocycles. The Morgan fingerprint density at radius 3 is 2.68 bits per heavy atom. The van der Waals surface area contributed by atoms with Crippen LogP contribution in [0.1, 0.15) is 36.2 Å². The lowest BCUT2D eigenvalue weighted by atomic mass is 10.0. The summed E-state index contributed by atoms with van der Waals surface area (Å²) < 4.78 is 3.19. The molecule has 1 aromatic heterocycles. The van der Waals surface area contributed by atoms with Gasteiger partial charge in [0.2, 0.25) is 6.21 Å². The summed E-state index contributed by atoms with van der Waals surface area (Å²) in [5.74, 6) is -0.0745. The molecule has 0 aliphatic carbocycles. The summed E-state index contributed by atoms with van der Waals surface area (Å²) in [5, 5.41) is 11.2. The molecule has 118 valence electrons. The topological polar surface area (TPSA) is 48.5 Å². The summed E-state index contributed by atoms with van der Waals surface area (Å²) in [5.41, 5.74) is 2.37. The highest BCUT2D eigenvalue weighted by Gasteiger charge is 2.21. The van der Waals surface area contributed by atoms with E-state index < -0.39 is 0 Å². The number of rotatable bonds is 4. The van der Waals surface area contributed by atoms with Crippen LogP contribution in [0.5, 0.6) is 0 Å². The SMILES string of the molecule is CCC(C)/[N+](O)=C/c1c(C(=O)N(C)C)ccc2c1ccn2C. The van der Waals surface area contributed by atoms with Crippen molar-refractivity contribution in [3.63, 3.8) is 0 Å². The number of carbonyl (C=O) groups excluding carboxylic acids is 1. The minimum absolute atomic E-state index is 0.0127. The van der Waals surface area contributed by atoms with Crippen molar-refractivity contribution in [3.05, 3.63) is 35.5 Å². The van der Waals surface area contributed by atoms with E-state index in [2.05, 4.69) is 0 Å². The molecular formula is C17H24N3O2+. The minimum Gasteiger partial charge on any atom is -0.351 e. The number of carbonyl (C=O) groups is 1. The van der Waals surface area contributed by atoms with E-state index in [-0.39, 0.29) is 11.9 Å². The van der Waals surface area contributed by atoms with Crippen molar-refractivity contribution in [2.24, 2.45) is 7.05 Å². The number of fused-ring (bicyclic) bond motifs is 1. The summed E-state index contributed by atoms with van der Waals surface area (Å²) >= 11 is 0. The van der Waals surface area contributed by atoms with Gasteiger partial charge in [-0.2, -0.15) is 0 Å². The summed E-state index contributed by atoms with van der Waals surface area (Å²) in [4.78, 5) is 14.0. The minimum atomic E-state index is -0.0745. The third kappa shape index (κ3) is 2.84. The fraction of sp³-hybridized carbons (Fsp3) is 0.412. The molecular weight excluding hydrogens is 278 g/mol. The third-order valence-electron chi connectivity index (χ3n) is 4.05. The van der Waals surface area contributed by atoms with Crippen LogP contribution in [0.2, 0.25) is 0 Å². The number of nitrogens with zero attached hydrogens (tertiary/aromatic N) is 3. The molecule has 2 rings (SSSR count). The number of hydroxylamine groups is 1. The molecule has 5 nitrogen and oxygen atoms in total. The molecule has 1 unspecified atom stereocenters. The Labute approximate surface area is 131 Å². The van der Waals surface area contributed by atoms with Crippen LogP contribution in [0.3, 0.4) is 0 Å². The normalized spacial score (nSPS) is 13.4. The first kappa shape index (κ1) is 16.1. The smallest absolute Gasteiger partial charge is 0.254 e. The molecule has 0 radical (unpaired) electrons. The zero-order valence-electron chi connectivity index (χ0n) is 13.9. The molecule has 0 bridgehead atoms. The molecule has 1 N–H and O–H groups in total. The second-order valence-corrected chi connectivity index (χ2v) is 5.85. The van der Waals surface area contributed by atoms with E-state index in [4.69, 9.17) is 0 Å². The largest absolute Gasteiger partial charge is 0.351 e. The maximum atomic E-state index is 12.4. The Morgan fingerprint density at radius 1 is 1.41 bits per heavy atom. The lowest BCUT2D eigenvalue weighted by Gasteiger charge is -2.13. The van der Waals surface area contributed by atoms with Gasteiger partial charge in [-0.3, -0.25) is 10.0 Å². The van der Waals surface area contributed by atoms with Gasteiger partial charge in [0, 0.05) is 51.6 Å². The summed E-state index contributed by atoms with van der Waals surface area (Å²) in [6.07, 6.45) is 4.43. The van der Waals surface area contributed by atoms with E-state index in [1.807, 2.05) is 49.9 Å². The summed E-state index contributed by atoms with van der Waals surface area (Å²) in [6, 6.07) is 5.72. The highest BCUT2D eigenvalue weighted by molar-refractivity contribution is 6.09. The van der Waals surface area contributed by atoms with Gasteiger partial charge < -0.3 is 9.47 Å². The third-order valence-corrected chi connectivity index (χ3v) is 4.05. The Bertz CT molecular complexity index is 729. The Hall–Kier alpha value is -2.30. The molecule has 1 atom stereocenters. The van der Waals surface area contributed by atoms with E-state index in [1.165, 1.54) is 4.74 Å². The zero-order valence-corrected chi connectivity index (χ0v) is 13.9. The van der Waals surface area contributed by atoms with Crippen LogP contribution >= 0.6 is 0 Å². The van der Waals surface area contributed by atoms with Crippen LogP contribution in [-0.4, -0.2) is 51.7 Å². The van der Waals surface area contributed by atoms with Crippen molar-refractivity contribution in [2.45, 2.75) is 26.3 Å². The Morgan fingerprint density at radius 2 is 2.09 bits per heavy atom. The van der Waals surface area contributed by atoms with E-state index in [1.54, 1.807) is 25.2 Å². The van der Waals surface area contributed by atoms with Crippen LogP contribution in [0.25, 0.3) is 10.9 Å². The van der Waals surface area contributed by atoms with Crippen LogP contribution in [-0.2, 0) is 7.05 Å². The lowest BCUT2D eigenvalue weighted by molar-refractivity contribution is -0.794.